The minimum Gasteiger partial charge on any atom is -0.790 e. The van der Waals surface area contributed by atoms with E-state index in [9.17, 15) is 14.4 Å². The van der Waals surface area contributed by atoms with Crippen LogP contribution in [0.2, 0.25) is 0 Å². The maximum Gasteiger partial charge on any atom is 2.00 e. The van der Waals surface area contributed by atoms with Gasteiger partial charge in [-0.3, -0.25) is 0 Å². The second-order valence-electron chi connectivity index (χ2n) is 3.51. The van der Waals surface area contributed by atoms with Gasteiger partial charge in [-0.25, -0.2) is 0 Å². The second-order valence-corrected chi connectivity index (χ2v) is 4.61. The molecule has 74 valence electrons. The monoisotopic (exact) mass is 234 g/mol. The zero-order valence-electron chi connectivity index (χ0n) is 8.52. The van der Waals surface area contributed by atoms with Crippen molar-refractivity contribution in [2.24, 2.45) is 11.8 Å². The third-order valence-corrected chi connectivity index (χ3v) is 2.07. The standard InChI is InChI=1S/C7H17O4P.Ca/c1-5(2)7(6(3)4)11-12(8,9)10;/h5-7H,1-4H3,(H2,8,9,10);/q;+2/p-2. The minimum absolute atomic E-state index is 0. The van der Waals surface area contributed by atoms with Crippen LogP contribution in [0.3, 0.4) is 0 Å². The Balaban J connectivity index is 0. The Hall–Kier alpha value is 1.37. The molecule has 13 heavy (non-hydrogen) atoms. The van der Waals surface area contributed by atoms with E-state index in [0.29, 0.717) is 0 Å². The maximum atomic E-state index is 10.3. The van der Waals surface area contributed by atoms with Gasteiger partial charge in [0.1, 0.15) is 0 Å². The number of rotatable bonds is 4. The summed E-state index contributed by atoms with van der Waals surface area (Å²) in [6, 6.07) is 0. The SMILES string of the molecule is CC(C)C(OP(=O)([O-])[O-])C(C)C.[Ca+2]. The van der Waals surface area contributed by atoms with Crippen molar-refractivity contribution in [2.75, 3.05) is 0 Å². The van der Waals surface area contributed by atoms with E-state index in [0.717, 1.165) is 0 Å². The van der Waals surface area contributed by atoms with Crippen LogP contribution in [-0.2, 0) is 9.09 Å². The first-order chi connectivity index (χ1) is 5.24. The van der Waals surface area contributed by atoms with Crippen molar-refractivity contribution in [1.82, 2.24) is 0 Å². The van der Waals surface area contributed by atoms with E-state index < -0.39 is 13.9 Å². The molecule has 0 atom stereocenters. The molecule has 0 unspecified atom stereocenters. The molecule has 0 radical (unpaired) electrons. The third kappa shape index (κ3) is 8.37. The van der Waals surface area contributed by atoms with Crippen LogP contribution in [0.1, 0.15) is 27.7 Å². The molecular weight excluding hydrogens is 219 g/mol. The van der Waals surface area contributed by atoms with Crippen molar-refractivity contribution in [1.29, 1.82) is 0 Å². The van der Waals surface area contributed by atoms with Crippen molar-refractivity contribution < 1.29 is 18.9 Å². The van der Waals surface area contributed by atoms with E-state index >= 15 is 0 Å². The van der Waals surface area contributed by atoms with E-state index in [-0.39, 0.29) is 49.6 Å². The van der Waals surface area contributed by atoms with E-state index in [1.54, 1.807) is 0 Å². The molecule has 0 amide bonds. The summed E-state index contributed by atoms with van der Waals surface area (Å²) >= 11 is 0. The molecule has 0 aliphatic rings. The van der Waals surface area contributed by atoms with Crippen molar-refractivity contribution in [3.05, 3.63) is 0 Å². The van der Waals surface area contributed by atoms with E-state index in [1.165, 1.54) is 0 Å². The van der Waals surface area contributed by atoms with Gasteiger partial charge in [0.05, 0.1) is 13.9 Å². The average Bonchev–Trinajstić information content (AvgIpc) is 1.79. The van der Waals surface area contributed by atoms with Gasteiger partial charge in [-0.2, -0.15) is 0 Å². The Bertz CT molecular complexity index is 169. The van der Waals surface area contributed by atoms with Crippen molar-refractivity contribution in [3.8, 4) is 0 Å². The molecule has 0 spiro atoms. The van der Waals surface area contributed by atoms with E-state index in [2.05, 4.69) is 4.52 Å². The van der Waals surface area contributed by atoms with Crippen LogP contribution in [0.4, 0.5) is 0 Å². The zero-order valence-corrected chi connectivity index (χ0v) is 11.6. The summed E-state index contributed by atoms with van der Waals surface area (Å²) in [5.41, 5.74) is 0. The largest absolute Gasteiger partial charge is 2.00 e. The first kappa shape index (κ1) is 16.8. The van der Waals surface area contributed by atoms with Crippen LogP contribution in [0, 0.1) is 11.8 Å². The van der Waals surface area contributed by atoms with Crippen LogP contribution in [0.25, 0.3) is 0 Å². The van der Waals surface area contributed by atoms with Gasteiger partial charge >= 0.3 is 37.7 Å². The summed E-state index contributed by atoms with van der Waals surface area (Å²) in [6.45, 7) is 7.28. The molecule has 0 aliphatic carbocycles. The number of hydrogen-bond donors (Lipinski definition) is 0. The fourth-order valence-corrected chi connectivity index (χ4v) is 1.95. The van der Waals surface area contributed by atoms with Gasteiger partial charge < -0.3 is 18.9 Å². The van der Waals surface area contributed by atoms with Crippen LogP contribution in [-0.4, -0.2) is 43.8 Å². The molecule has 0 aromatic heterocycles. The molecule has 4 nitrogen and oxygen atoms in total. The minimum atomic E-state index is -4.83. The molecule has 0 aromatic rings. The van der Waals surface area contributed by atoms with Crippen molar-refractivity contribution >= 4 is 45.6 Å². The molecule has 6 heteroatoms. The quantitative estimate of drug-likeness (QED) is 0.512. The molecule has 0 N–H and O–H groups in total. The Kier molecular flexibility index (Phi) is 8.76. The zero-order chi connectivity index (χ0) is 9.94. The summed E-state index contributed by atoms with van der Waals surface area (Å²) in [6.07, 6.45) is -0.508. The Labute approximate surface area is 109 Å². The predicted octanol–water partition coefficient (Wildman–Crippen LogP) is 0.131. The number of phosphoric ester groups is 1. The third-order valence-electron chi connectivity index (χ3n) is 1.56. The van der Waals surface area contributed by atoms with Crippen LogP contribution >= 0.6 is 7.82 Å². The van der Waals surface area contributed by atoms with E-state index in [4.69, 9.17) is 0 Å². The van der Waals surface area contributed by atoms with Gasteiger partial charge in [-0.15, -0.1) is 0 Å². The fraction of sp³-hybridized carbons (Fsp3) is 1.00. The summed E-state index contributed by atoms with van der Waals surface area (Å²) < 4.78 is 14.7. The Morgan fingerprint density at radius 2 is 1.38 bits per heavy atom. The molecule has 0 aromatic carbocycles. The maximum absolute atomic E-state index is 10.3. The summed E-state index contributed by atoms with van der Waals surface area (Å²) in [7, 11) is -4.83. The van der Waals surface area contributed by atoms with Gasteiger partial charge in [0.15, 0.2) is 0 Å². The van der Waals surface area contributed by atoms with Gasteiger partial charge in [0, 0.05) is 0 Å². The molecule has 0 saturated heterocycles. The second kappa shape index (κ2) is 6.78. The summed E-state index contributed by atoms with van der Waals surface area (Å²) in [4.78, 5) is 20.6. The Morgan fingerprint density at radius 1 is 1.08 bits per heavy atom. The Morgan fingerprint density at radius 3 is 1.46 bits per heavy atom. The van der Waals surface area contributed by atoms with Gasteiger partial charge in [-0.1, -0.05) is 27.7 Å². The van der Waals surface area contributed by atoms with Crippen molar-refractivity contribution in [3.63, 3.8) is 0 Å². The van der Waals surface area contributed by atoms with Crippen LogP contribution in [0.5, 0.6) is 0 Å². The molecule has 0 heterocycles. The molecule has 0 fully saturated rings. The van der Waals surface area contributed by atoms with E-state index in [1.807, 2.05) is 27.7 Å². The number of phosphoric acid groups is 1. The molecular formula is C7H15CaO4P. The summed E-state index contributed by atoms with van der Waals surface area (Å²) in [5.74, 6) is 0.0578. The molecule has 0 rings (SSSR count). The normalized spacial score (nSPS) is 12.4. The topological polar surface area (TPSA) is 72.4 Å². The first-order valence-electron chi connectivity index (χ1n) is 3.94. The van der Waals surface area contributed by atoms with Gasteiger partial charge in [-0.05, 0) is 11.8 Å². The fourth-order valence-electron chi connectivity index (χ4n) is 1.16. The average molecular weight is 234 g/mol. The summed E-state index contributed by atoms with van der Waals surface area (Å²) in [5, 5.41) is 0. The predicted molar refractivity (Wildman–Crippen MR) is 47.9 cm³/mol. The number of hydrogen-bond acceptors (Lipinski definition) is 4. The molecule has 0 bridgehead atoms. The molecule has 0 saturated carbocycles. The van der Waals surface area contributed by atoms with Gasteiger partial charge in [0.25, 0.3) is 0 Å². The van der Waals surface area contributed by atoms with Crippen LogP contribution < -0.4 is 9.79 Å². The van der Waals surface area contributed by atoms with Gasteiger partial charge in [0.2, 0.25) is 0 Å². The first-order valence-corrected chi connectivity index (χ1v) is 5.40. The smallest absolute Gasteiger partial charge is 0.790 e. The van der Waals surface area contributed by atoms with Crippen molar-refractivity contribution in [2.45, 2.75) is 33.8 Å². The molecule has 0 aliphatic heterocycles. The van der Waals surface area contributed by atoms with Crippen LogP contribution in [0.15, 0.2) is 0 Å².